The highest BCUT2D eigenvalue weighted by atomic mass is 32.7. The Hall–Kier alpha value is -2.21. The van der Waals surface area contributed by atoms with Gasteiger partial charge in [0.2, 0.25) is 0 Å². The summed E-state index contributed by atoms with van der Waals surface area (Å²) in [5.74, 6) is 0.324. The quantitative estimate of drug-likeness (QED) is 0.131. The maximum Gasteiger partial charge on any atom is 0.386 e. The van der Waals surface area contributed by atoms with Crippen molar-refractivity contribution >= 4 is 79.9 Å². The van der Waals surface area contributed by atoms with Gasteiger partial charge in [0.05, 0.1) is 32.5 Å². The van der Waals surface area contributed by atoms with Gasteiger partial charge < -0.3 is 39.5 Å². The molecule has 0 radical (unpaired) electrons. The summed E-state index contributed by atoms with van der Waals surface area (Å²) < 4.78 is 68.0. The van der Waals surface area contributed by atoms with E-state index in [0.29, 0.717) is 22.3 Å². The molecule has 0 amide bonds. The number of hydrogen-bond acceptors (Lipinski definition) is 18. The van der Waals surface area contributed by atoms with Gasteiger partial charge >= 0.3 is 13.5 Å². The minimum Gasteiger partial charge on any atom is -0.408 e. The molecule has 4 aromatic heterocycles. The number of aromatic nitrogens is 8. The summed E-state index contributed by atoms with van der Waals surface area (Å²) in [4.78, 5) is 37.2. The zero-order valence-electron chi connectivity index (χ0n) is 28.6. The van der Waals surface area contributed by atoms with Crippen LogP contribution in [-0.2, 0) is 53.1 Å². The molecule has 8 heterocycles. The average molecular weight is 817 g/mol. The fraction of sp³-hybridized carbons (Fsp3) is 0.630. The molecule has 4 bridgehead atoms. The fourth-order valence-corrected chi connectivity index (χ4v) is 10.8. The van der Waals surface area contributed by atoms with Crippen molar-refractivity contribution in [1.82, 2.24) is 39.0 Å². The second-order valence-electron chi connectivity index (χ2n) is 14.5. The molecule has 4 aliphatic rings. The van der Waals surface area contributed by atoms with Gasteiger partial charge in [-0.1, -0.05) is 33.0 Å². The number of nitrogens with zero attached hydrogens (tertiary/aromatic N) is 8. The fourth-order valence-electron chi connectivity index (χ4n) is 6.54. The number of thiol groups is 1. The first kappa shape index (κ1) is 36.7. The molecule has 8 rings (SSSR count). The van der Waals surface area contributed by atoms with Crippen LogP contribution in [0.1, 0.15) is 33.2 Å². The van der Waals surface area contributed by atoms with Gasteiger partial charge in [-0.15, -0.1) is 0 Å². The monoisotopic (exact) mass is 816 g/mol. The normalized spacial score (nSPS) is 37.2. The van der Waals surface area contributed by atoms with Crippen LogP contribution in [0, 0.1) is 0 Å². The van der Waals surface area contributed by atoms with Gasteiger partial charge in [-0.05, 0) is 29.9 Å². The molecule has 3 unspecified atom stereocenters. The van der Waals surface area contributed by atoms with Gasteiger partial charge in [-0.25, -0.2) is 34.5 Å². The van der Waals surface area contributed by atoms with Crippen LogP contribution in [0.25, 0.3) is 22.3 Å². The average Bonchev–Trinajstić information content (AvgIpc) is 3.87. The number of anilines is 2. The van der Waals surface area contributed by atoms with Gasteiger partial charge in [-0.3, -0.25) is 22.7 Å². The number of imidazole rings is 2. The van der Waals surface area contributed by atoms with Crippen molar-refractivity contribution in [2.24, 2.45) is 0 Å². The summed E-state index contributed by atoms with van der Waals surface area (Å²) in [7, 11) is -2.59. The largest absolute Gasteiger partial charge is 0.408 e. The van der Waals surface area contributed by atoms with Crippen LogP contribution >= 0.6 is 25.8 Å². The first-order valence-corrected chi connectivity index (χ1v) is 24.4. The smallest absolute Gasteiger partial charge is 0.386 e. The molecule has 10 atom stereocenters. The van der Waals surface area contributed by atoms with Crippen LogP contribution in [0.5, 0.6) is 0 Å². The molecule has 0 saturated carbocycles. The van der Waals surface area contributed by atoms with Crippen LogP contribution in [0.4, 0.5) is 11.6 Å². The predicted molar refractivity (Wildman–Crippen MR) is 193 cm³/mol. The van der Waals surface area contributed by atoms with E-state index in [0.717, 1.165) is 0 Å². The first-order valence-electron chi connectivity index (χ1n) is 16.2. The minimum absolute atomic E-state index is 0.0806. The highest BCUT2D eigenvalue weighted by Gasteiger charge is 2.66. The highest BCUT2D eigenvalue weighted by Crippen LogP contribution is 2.62. The van der Waals surface area contributed by atoms with Gasteiger partial charge in [-0.2, -0.15) is 0 Å². The summed E-state index contributed by atoms with van der Waals surface area (Å²) >= 11 is 10.0. The van der Waals surface area contributed by atoms with Gasteiger partial charge in [0.1, 0.15) is 59.8 Å². The van der Waals surface area contributed by atoms with Crippen LogP contribution in [0.3, 0.4) is 0 Å². The zero-order valence-corrected chi connectivity index (χ0v) is 33.1. The maximum atomic E-state index is 14.1. The SMILES string of the molecule is CC(C)(C)[Si](C)(C)OC1[C@H]2OP(O)(=S)OC[C@@]34CO[C@@H]([C@H](n5cnc6c(N)ncnc65)O3)[C@@H]4OP(=O)(S)OC[C@H]1O[C@H]2n1cnc2c(N)ncnc21. The third-order valence-corrected chi connectivity index (χ3v) is 17.8. The van der Waals surface area contributed by atoms with E-state index in [1.54, 1.807) is 9.13 Å². The Kier molecular flexibility index (Phi) is 8.95. The third-order valence-electron chi connectivity index (χ3n) is 10.2. The highest BCUT2D eigenvalue weighted by molar-refractivity contribution is 8.44. The summed E-state index contributed by atoms with van der Waals surface area (Å²) in [6.45, 7) is 1.14. The molecular weight excluding hydrogens is 779 g/mol. The Balaban J connectivity index is 1.18. The van der Waals surface area contributed by atoms with Crippen LogP contribution in [0.2, 0.25) is 18.1 Å². The molecule has 0 aromatic carbocycles. The molecule has 4 aromatic rings. The topological polar surface area (TPSA) is 250 Å². The minimum atomic E-state index is -4.21. The summed E-state index contributed by atoms with van der Waals surface area (Å²) in [5.41, 5.74) is 12.0. The van der Waals surface area contributed by atoms with Gasteiger partial charge in [0.25, 0.3) is 0 Å². The van der Waals surface area contributed by atoms with Crippen molar-refractivity contribution in [1.29, 1.82) is 0 Å². The Bertz CT molecular complexity index is 2140. The van der Waals surface area contributed by atoms with Gasteiger partial charge in [0, 0.05) is 0 Å². The molecule has 0 spiro atoms. The van der Waals surface area contributed by atoms with Gasteiger partial charge in [0.15, 0.2) is 43.7 Å². The summed E-state index contributed by atoms with van der Waals surface area (Å²) in [6.07, 6.45) is -1.37. The molecule has 4 aliphatic heterocycles. The molecule has 4 fully saturated rings. The number of ether oxygens (including phenoxy) is 3. The number of nitrogens with two attached hydrogens (primary N) is 2. The van der Waals surface area contributed by atoms with Crippen molar-refractivity contribution in [3.63, 3.8) is 0 Å². The van der Waals surface area contributed by atoms with Crippen molar-refractivity contribution in [3.05, 3.63) is 25.3 Å². The van der Waals surface area contributed by atoms with E-state index >= 15 is 0 Å². The Morgan fingerprint density at radius 1 is 0.962 bits per heavy atom. The second-order valence-corrected chi connectivity index (χ2v) is 24.9. The van der Waals surface area contributed by atoms with E-state index in [1.165, 1.54) is 25.3 Å². The lowest BCUT2D eigenvalue weighted by molar-refractivity contribution is -0.183. The Morgan fingerprint density at radius 2 is 1.58 bits per heavy atom. The molecule has 282 valence electrons. The van der Waals surface area contributed by atoms with Crippen molar-refractivity contribution in [2.45, 2.75) is 87.5 Å². The van der Waals surface area contributed by atoms with Crippen molar-refractivity contribution < 1.29 is 46.2 Å². The number of rotatable bonds is 4. The van der Waals surface area contributed by atoms with E-state index in [2.05, 4.69) is 76.0 Å². The number of hydrogen-bond donors (Lipinski definition) is 4. The molecule has 25 heteroatoms. The van der Waals surface area contributed by atoms with E-state index in [4.69, 9.17) is 60.0 Å². The standard InChI is InChI=1S/C27H38N10O10P2S2Si/c1-26(2,3)52(4,5)47-16-13-6-41-48(38,50)46-19-18-25(37-12-35-15-21(29)31-10-33-23(15)37)44-27(19,7-40-18)8-42-49(39,51)45-17(16)24(43-13)36-11-34-14-20(28)30-9-32-22(14)36/h9-13,16-19,24-25H,6-8H2,1-5H3,(H,38,50)(H,39,51)(H2,28,30,32)(H2,29,31,33)/t13-,16?,17-,18-,19+,24-,25-,27-,48?,49?/m1/s1. The van der Waals surface area contributed by atoms with E-state index in [1.807, 2.05) is 0 Å². The van der Waals surface area contributed by atoms with Crippen LogP contribution < -0.4 is 11.5 Å². The maximum absolute atomic E-state index is 14.1. The molecule has 4 saturated heterocycles. The second kappa shape index (κ2) is 12.7. The van der Waals surface area contributed by atoms with E-state index in [-0.39, 0.29) is 29.9 Å². The van der Waals surface area contributed by atoms with Crippen molar-refractivity contribution in [2.75, 3.05) is 31.3 Å². The summed E-state index contributed by atoms with van der Waals surface area (Å²) in [6, 6.07) is 0. The first-order chi connectivity index (χ1) is 24.4. The lowest BCUT2D eigenvalue weighted by atomic mass is 10.0. The Morgan fingerprint density at radius 3 is 2.19 bits per heavy atom. The number of nitrogen functional groups attached to an aromatic ring is 2. The lowest BCUT2D eigenvalue weighted by Crippen LogP contribution is -2.50. The van der Waals surface area contributed by atoms with Crippen LogP contribution in [0.15, 0.2) is 25.3 Å². The Labute approximate surface area is 308 Å². The molecule has 20 nitrogen and oxygen atoms in total. The molecule has 5 N–H and O–H groups in total. The zero-order chi connectivity index (χ0) is 37.0. The third kappa shape index (κ3) is 6.21. The molecule has 52 heavy (non-hydrogen) atoms. The number of fused-ring (bicyclic) bond motifs is 4. The predicted octanol–water partition coefficient (Wildman–Crippen LogP) is 2.86. The summed E-state index contributed by atoms with van der Waals surface area (Å²) in [5, 5.41) is -0.257. The van der Waals surface area contributed by atoms with E-state index in [9.17, 15) is 9.46 Å². The lowest BCUT2D eigenvalue weighted by Gasteiger charge is -2.41. The van der Waals surface area contributed by atoms with Crippen molar-refractivity contribution in [3.8, 4) is 0 Å². The molecule has 0 aliphatic carbocycles. The van der Waals surface area contributed by atoms with Crippen LogP contribution in [-0.4, -0.2) is 108 Å². The van der Waals surface area contributed by atoms with E-state index < -0.39 is 77.0 Å². The molecular formula is C27H38N10O10P2S2Si.